The Morgan fingerprint density at radius 1 is 1.22 bits per heavy atom. The summed E-state index contributed by atoms with van der Waals surface area (Å²) in [7, 11) is 0. The van der Waals surface area contributed by atoms with Gasteiger partial charge in [-0.05, 0) is 79.0 Å². The molecule has 9 heteroatoms. The number of esters is 2. The maximum absolute atomic E-state index is 13.5. The van der Waals surface area contributed by atoms with Crippen molar-refractivity contribution in [3.8, 4) is 11.1 Å². The smallest absolute Gasteiger partial charge is 0.353 e. The first kappa shape index (κ1) is 24.6. The number of nitrogens with one attached hydrogen (secondary N) is 2. The lowest BCUT2D eigenvalue weighted by molar-refractivity contribution is -0.160. The van der Waals surface area contributed by atoms with Crippen LogP contribution in [0.3, 0.4) is 0 Å². The Kier molecular flexibility index (Phi) is 5.45. The van der Waals surface area contributed by atoms with Crippen LogP contribution in [0.15, 0.2) is 16.7 Å². The summed E-state index contributed by atoms with van der Waals surface area (Å²) in [6, 6.07) is 3.78. The molecule has 1 aromatic heterocycles. The van der Waals surface area contributed by atoms with Gasteiger partial charge in [-0.3, -0.25) is 4.79 Å². The summed E-state index contributed by atoms with van der Waals surface area (Å²) in [6.45, 7) is 12.9. The number of aryl methyl sites for hydroxylation is 2. The summed E-state index contributed by atoms with van der Waals surface area (Å²) in [6.07, 6.45) is 0.969. The van der Waals surface area contributed by atoms with Crippen molar-refractivity contribution in [2.45, 2.75) is 90.7 Å². The first-order valence-electron chi connectivity index (χ1n) is 12.5. The predicted molar refractivity (Wildman–Crippen MR) is 133 cm³/mol. The number of fused-ring (bicyclic) bond motifs is 1. The van der Waals surface area contributed by atoms with Crippen LogP contribution in [0.25, 0.3) is 11.1 Å². The second-order valence-corrected chi connectivity index (χ2v) is 12.0. The third-order valence-corrected chi connectivity index (χ3v) is 7.15. The molecule has 1 aromatic carbocycles. The molecule has 2 fully saturated rings. The van der Waals surface area contributed by atoms with Crippen molar-refractivity contribution < 1.29 is 28.7 Å². The topological polar surface area (TPSA) is 123 Å². The molecule has 1 aliphatic carbocycles. The number of carbonyl (C=O) groups excluding carboxylic acids is 2. The molecule has 194 valence electrons. The van der Waals surface area contributed by atoms with Gasteiger partial charge in [-0.2, -0.15) is 0 Å². The number of anilines is 2. The van der Waals surface area contributed by atoms with Crippen LogP contribution in [0.2, 0.25) is 0 Å². The molecule has 0 amide bonds. The number of hydrogen-bond acceptors (Lipinski definition) is 9. The van der Waals surface area contributed by atoms with Crippen molar-refractivity contribution in [2.75, 3.05) is 10.6 Å². The number of aliphatic hydroxyl groups excluding tert-OH is 1. The van der Waals surface area contributed by atoms with Crippen molar-refractivity contribution in [1.29, 1.82) is 0 Å². The van der Waals surface area contributed by atoms with Gasteiger partial charge in [-0.1, -0.05) is 5.16 Å². The van der Waals surface area contributed by atoms with Crippen LogP contribution in [-0.2, 0) is 19.1 Å². The molecule has 2 aromatic rings. The third kappa shape index (κ3) is 4.13. The van der Waals surface area contributed by atoms with Crippen molar-refractivity contribution in [3.05, 3.63) is 29.2 Å². The third-order valence-electron chi connectivity index (χ3n) is 7.15. The molecular weight excluding hydrogens is 462 g/mol. The van der Waals surface area contributed by atoms with E-state index in [1.165, 1.54) is 0 Å². The minimum atomic E-state index is -1.16. The molecule has 0 spiro atoms. The van der Waals surface area contributed by atoms with E-state index in [9.17, 15) is 14.7 Å². The summed E-state index contributed by atoms with van der Waals surface area (Å²) in [5.74, 6) is -0.892. The lowest BCUT2D eigenvalue weighted by Gasteiger charge is -2.32. The second kappa shape index (κ2) is 7.96. The first-order chi connectivity index (χ1) is 16.7. The highest BCUT2D eigenvalue weighted by Gasteiger charge is 2.57. The summed E-state index contributed by atoms with van der Waals surface area (Å²) in [5.41, 5.74) is 1.57. The first-order valence-corrected chi connectivity index (χ1v) is 12.5. The van der Waals surface area contributed by atoms with E-state index in [1.807, 2.05) is 60.6 Å². The standard InChI is InChI=1S/C27H35N3O6/c1-13-20(14(2)36-30-13)15-10-17(22(31)18-12-26(6,7)34-23(18)32)21-19(11-15)28-27(29-21,16-8-9-16)24(33)35-25(3,4)5/h10-11,16,18,22,28-29,31H,8-9,12H2,1-7H3. The number of aromatic nitrogens is 1. The Balaban J connectivity index is 1.62. The van der Waals surface area contributed by atoms with E-state index in [2.05, 4.69) is 15.8 Å². The van der Waals surface area contributed by atoms with E-state index >= 15 is 0 Å². The number of nitrogens with zero attached hydrogens (tertiary/aromatic N) is 1. The van der Waals surface area contributed by atoms with Gasteiger partial charge in [0.2, 0.25) is 5.66 Å². The van der Waals surface area contributed by atoms with Gasteiger partial charge in [-0.25, -0.2) is 4.79 Å². The van der Waals surface area contributed by atoms with Gasteiger partial charge in [0.05, 0.1) is 29.1 Å². The van der Waals surface area contributed by atoms with Crippen LogP contribution < -0.4 is 10.6 Å². The number of cyclic esters (lactones) is 1. The zero-order chi connectivity index (χ0) is 26.2. The van der Waals surface area contributed by atoms with Gasteiger partial charge in [0, 0.05) is 23.5 Å². The fourth-order valence-electron chi connectivity index (χ4n) is 5.42. The zero-order valence-corrected chi connectivity index (χ0v) is 21.9. The molecule has 0 bridgehead atoms. The highest BCUT2D eigenvalue weighted by atomic mass is 16.6. The largest absolute Gasteiger partial charge is 0.459 e. The number of carbonyl (C=O) groups is 2. The van der Waals surface area contributed by atoms with E-state index < -0.39 is 40.8 Å². The van der Waals surface area contributed by atoms with Gasteiger partial charge in [0.15, 0.2) is 0 Å². The summed E-state index contributed by atoms with van der Waals surface area (Å²) in [5, 5.41) is 22.5. The van der Waals surface area contributed by atoms with E-state index in [-0.39, 0.29) is 5.92 Å². The number of aliphatic hydroxyl groups is 1. The highest BCUT2D eigenvalue weighted by Crippen LogP contribution is 2.52. The van der Waals surface area contributed by atoms with Crippen LogP contribution in [0.1, 0.15) is 77.0 Å². The number of rotatable bonds is 5. The highest BCUT2D eigenvalue weighted by molar-refractivity contribution is 5.98. The summed E-state index contributed by atoms with van der Waals surface area (Å²) < 4.78 is 16.7. The molecule has 9 nitrogen and oxygen atoms in total. The molecule has 1 saturated heterocycles. The van der Waals surface area contributed by atoms with Crippen LogP contribution in [0.4, 0.5) is 11.4 Å². The average Bonchev–Trinajstić information content (AvgIpc) is 3.37. The zero-order valence-electron chi connectivity index (χ0n) is 21.9. The summed E-state index contributed by atoms with van der Waals surface area (Å²) in [4.78, 5) is 26.2. The van der Waals surface area contributed by atoms with E-state index in [0.29, 0.717) is 34.8 Å². The minimum Gasteiger partial charge on any atom is -0.459 e. The van der Waals surface area contributed by atoms with E-state index in [0.717, 1.165) is 24.0 Å². The molecule has 36 heavy (non-hydrogen) atoms. The molecule has 1 saturated carbocycles. The van der Waals surface area contributed by atoms with E-state index in [1.54, 1.807) is 0 Å². The monoisotopic (exact) mass is 497 g/mol. The molecule has 3 heterocycles. The van der Waals surface area contributed by atoms with Crippen LogP contribution in [0.5, 0.6) is 0 Å². The van der Waals surface area contributed by atoms with Crippen LogP contribution in [0, 0.1) is 25.7 Å². The molecule has 3 N–H and O–H groups in total. The maximum Gasteiger partial charge on any atom is 0.353 e. The average molecular weight is 498 g/mol. The molecule has 2 aliphatic heterocycles. The van der Waals surface area contributed by atoms with Crippen molar-refractivity contribution in [3.63, 3.8) is 0 Å². The van der Waals surface area contributed by atoms with Gasteiger partial charge in [0.1, 0.15) is 17.0 Å². The van der Waals surface area contributed by atoms with Crippen LogP contribution >= 0.6 is 0 Å². The number of ether oxygens (including phenoxy) is 2. The maximum atomic E-state index is 13.5. The molecule has 3 atom stereocenters. The SMILES string of the molecule is Cc1noc(C)c1-c1cc2c(c(C(O)C3CC(C)(C)OC3=O)c1)NC(C(=O)OC(C)(C)C)(C1CC1)N2. The second-order valence-electron chi connectivity index (χ2n) is 12.0. The fourth-order valence-corrected chi connectivity index (χ4v) is 5.42. The molecule has 3 unspecified atom stereocenters. The minimum absolute atomic E-state index is 0.0302. The lowest BCUT2D eigenvalue weighted by Crippen LogP contribution is -2.54. The summed E-state index contributed by atoms with van der Waals surface area (Å²) >= 11 is 0. The Hall–Kier alpha value is -3.07. The molecule has 3 aliphatic rings. The molecular formula is C27H35N3O6. The van der Waals surface area contributed by atoms with Gasteiger partial charge >= 0.3 is 11.9 Å². The van der Waals surface area contributed by atoms with Crippen molar-refractivity contribution in [1.82, 2.24) is 5.16 Å². The van der Waals surface area contributed by atoms with Gasteiger partial charge < -0.3 is 29.7 Å². The lowest BCUT2D eigenvalue weighted by atomic mass is 9.87. The van der Waals surface area contributed by atoms with Crippen molar-refractivity contribution in [2.24, 2.45) is 11.8 Å². The number of benzene rings is 1. The fraction of sp³-hybridized carbons (Fsp3) is 0.593. The van der Waals surface area contributed by atoms with Gasteiger partial charge in [-0.15, -0.1) is 0 Å². The normalized spacial score (nSPS) is 25.6. The molecule has 5 rings (SSSR count). The number of hydrogen-bond donors (Lipinski definition) is 3. The Morgan fingerprint density at radius 2 is 1.92 bits per heavy atom. The Morgan fingerprint density at radius 3 is 2.44 bits per heavy atom. The van der Waals surface area contributed by atoms with Crippen LogP contribution in [-0.4, -0.2) is 39.1 Å². The van der Waals surface area contributed by atoms with E-state index in [4.69, 9.17) is 14.0 Å². The molecule has 0 radical (unpaired) electrons. The Labute approximate surface area is 210 Å². The predicted octanol–water partition coefficient (Wildman–Crippen LogP) is 4.62. The quantitative estimate of drug-likeness (QED) is 0.508. The van der Waals surface area contributed by atoms with Gasteiger partial charge in [0.25, 0.3) is 0 Å². The van der Waals surface area contributed by atoms with Crippen molar-refractivity contribution >= 4 is 23.3 Å². The Bertz CT molecular complexity index is 1220.